The zero-order valence-electron chi connectivity index (χ0n) is 14.3. The molecule has 3 heterocycles. The number of nitrogens with zero attached hydrogens (tertiary/aromatic N) is 1. The molecule has 3 aromatic heterocycles. The highest BCUT2D eigenvalue weighted by Crippen LogP contribution is 2.19. The van der Waals surface area contributed by atoms with Crippen LogP contribution in [0.1, 0.15) is 21.3 Å². The molecule has 0 aliphatic rings. The predicted molar refractivity (Wildman–Crippen MR) is 96.2 cm³/mol. The number of rotatable bonds is 10. The number of aliphatic hydroxyl groups excluding tert-OH is 1. The Morgan fingerprint density at radius 3 is 2.48 bits per heavy atom. The first kappa shape index (κ1) is 17.9. The average molecular weight is 361 g/mol. The van der Waals surface area contributed by atoms with Crippen molar-refractivity contribution in [3.8, 4) is 0 Å². The van der Waals surface area contributed by atoms with E-state index in [1.165, 1.54) is 9.75 Å². The zero-order chi connectivity index (χ0) is 17.5. The van der Waals surface area contributed by atoms with Gasteiger partial charge in [0.2, 0.25) is 0 Å². The molecule has 25 heavy (non-hydrogen) atoms. The molecule has 5 nitrogen and oxygen atoms in total. The molecule has 1 atom stereocenters. The minimum absolute atomic E-state index is 0.263. The lowest BCUT2D eigenvalue weighted by Gasteiger charge is -2.23. The van der Waals surface area contributed by atoms with E-state index in [2.05, 4.69) is 24.0 Å². The first-order valence-corrected chi connectivity index (χ1v) is 9.09. The Morgan fingerprint density at radius 2 is 1.84 bits per heavy atom. The van der Waals surface area contributed by atoms with Crippen LogP contribution in [0.3, 0.4) is 0 Å². The molecule has 3 rings (SSSR count). The summed E-state index contributed by atoms with van der Waals surface area (Å²) in [4.78, 5) is 4.73. The molecule has 0 aromatic carbocycles. The largest absolute Gasteiger partial charge is 0.468 e. The maximum atomic E-state index is 10.3. The predicted octanol–water partition coefficient (Wildman–Crippen LogP) is 3.82. The van der Waals surface area contributed by atoms with E-state index in [-0.39, 0.29) is 6.61 Å². The lowest BCUT2D eigenvalue weighted by molar-refractivity contribution is 0.00178. The summed E-state index contributed by atoms with van der Waals surface area (Å²) < 4.78 is 16.2. The highest BCUT2D eigenvalue weighted by molar-refractivity contribution is 7.11. The van der Waals surface area contributed by atoms with Crippen molar-refractivity contribution in [3.05, 3.63) is 70.2 Å². The van der Waals surface area contributed by atoms with Crippen molar-refractivity contribution in [3.63, 3.8) is 0 Å². The van der Waals surface area contributed by atoms with E-state index in [1.54, 1.807) is 23.9 Å². The second-order valence-corrected chi connectivity index (χ2v) is 7.38. The van der Waals surface area contributed by atoms with Crippen molar-refractivity contribution < 1.29 is 18.7 Å². The van der Waals surface area contributed by atoms with Crippen molar-refractivity contribution >= 4 is 11.3 Å². The van der Waals surface area contributed by atoms with Crippen molar-refractivity contribution in [2.45, 2.75) is 32.7 Å². The van der Waals surface area contributed by atoms with Gasteiger partial charge in [0.05, 0.1) is 31.8 Å². The maximum absolute atomic E-state index is 10.3. The van der Waals surface area contributed by atoms with Crippen LogP contribution in [0.25, 0.3) is 0 Å². The molecule has 0 radical (unpaired) electrons. The molecule has 0 amide bonds. The fraction of sp³-hybridized carbons (Fsp3) is 0.368. The first-order chi connectivity index (χ1) is 12.2. The lowest BCUT2D eigenvalue weighted by Crippen LogP contribution is -2.34. The van der Waals surface area contributed by atoms with Crippen LogP contribution in [-0.2, 0) is 24.4 Å². The Kier molecular flexibility index (Phi) is 6.47. The third-order valence-electron chi connectivity index (χ3n) is 3.74. The van der Waals surface area contributed by atoms with Crippen LogP contribution in [0.5, 0.6) is 0 Å². The van der Waals surface area contributed by atoms with Gasteiger partial charge < -0.3 is 18.7 Å². The lowest BCUT2D eigenvalue weighted by atomic mass is 10.3. The smallest absolute Gasteiger partial charge is 0.129 e. The van der Waals surface area contributed by atoms with Gasteiger partial charge in [0.25, 0.3) is 0 Å². The fourth-order valence-electron chi connectivity index (χ4n) is 2.64. The van der Waals surface area contributed by atoms with E-state index in [0.717, 1.165) is 18.1 Å². The number of hydrogen-bond donors (Lipinski definition) is 1. The summed E-state index contributed by atoms with van der Waals surface area (Å²) in [5.41, 5.74) is 0. The molecule has 134 valence electrons. The third-order valence-corrected chi connectivity index (χ3v) is 4.72. The quantitative estimate of drug-likeness (QED) is 0.595. The Labute approximate surface area is 151 Å². The molecule has 3 aromatic rings. The molecule has 0 saturated heterocycles. The second-order valence-electron chi connectivity index (χ2n) is 6.01. The van der Waals surface area contributed by atoms with Crippen LogP contribution in [0.2, 0.25) is 0 Å². The number of aliphatic hydroxyl groups is 1. The molecule has 0 aliphatic heterocycles. The van der Waals surface area contributed by atoms with E-state index in [0.29, 0.717) is 19.7 Å². The summed E-state index contributed by atoms with van der Waals surface area (Å²) in [7, 11) is 0. The van der Waals surface area contributed by atoms with Crippen LogP contribution < -0.4 is 0 Å². The molecule has 0 fully saturated rings. The second kappa shape index (κ2) is 9.01. The van der Waals surface area contributed by atoms with E-state index >= 15 is 0 Å². The fourth-order valence-corrected chi connectivity index (χ4v) is 3.57. The van der Waals surface area contributed by atoms with Gasteiger partial charge in [-0.05, 0) is 43.3 Å². The summed E-state index contributed by atoms with van der Waals surface area (Å²) >= 11 is 1.77. The number of furan rings is 2. The molecule has 0 spiro atoms. The molecule has 0 bridgehead atoms. The monoisotopic (exact) mass is 361 g/mol. The van der Waals surface area contributed by atoms with Gasteiger partial charge in [0.15, 0.2) is 0 Å². The van der Waals surface area contributed by atoms with Crippen LogP contribution >= 0.6 is 11.3 Å². The Balaban J connectivity index is 1.52. The Bertz CT molecular complexity index is 721. The SMILES string of the molecule is Cc1ccc(CN(Cc2ccco2)C[C@@H](O)COCc2ccco2)s1. The Hall–Kier alpha value is -1.86. The highest BCUT2D eigenvalue weighted by atomic mass is 32.1. The van der Waals surface area contributed by atoms with Crippen LogP contribution in [0.4, 0.5) is 0 Å². The van der Waals surface area contributed by atoms with Gasteiger partial charge in [-0.3, -0.25) is 4.90 Å². The first-order valence-electron chi connectivity index (χ1n) is 8.27. The summed E-state index contributed by atoms with van der Waals surface area (Å²) in [6.45, 7) is 4.66. The molecule has 1 N–H and O–H groups in total. The third kappa shape index (κ3) is 5.86. The van der Waals surface area contributed by atoms with E-state index in [4.69, 9.17) is 13.6 Å². The summed E-state index contributed by atoms with van der Waals surface area (Å²) in [5, 5.41) is 10.3. The van der Waals surface area contributed by atoms with Crippen molar-refractivity contribution in [1.82, 2.24) is 4.90 Å². The molecular formula is C19H23NO4S. The van der Waals surface area contributed by atoms with Crippen molar-refractivity contribution in [2.75, 3.05) is 13.2 Å². The molecule has 6 heteroatoms. The van der Waals surface area contributed by atoms with Crippen molar-refractivity contribution in [1.29, 1.82) is 0 Å². The molecular weight excluding hydrogens is 338 g/mol. The maximum Gasteiger partial charge on any atom is 0.129 e. The van der Waals surface area contributed by atoms with Gasteiger partial charge in [0.1, 0.15) is 18.1 Å². The number of ether oxygens (including phenoxy) is 1. The minimum atomic E-state index is -0.578. The number of thiophene rings is 1. The van der Waals surface area contributed by atoms with Gasteiger partial charge in [-0.15, -0.1) is 11.3 Å². The van der Waals surface area contributed by atoms with Crippen LogP contribution in [0.15, 0.2) is 57.8 Å². The zero-order valence-corrected chi connectivity index (χ0v) is 15.1. The summed E-state index contributed by atoms with van der Waals surface area (Å²) in [5.74, 6) is 1.64. The number of aryl methyl sites for hydroxylation is 1. The van der Waals surface area contributed by atoms with Gasteiger partial charge >= 0.3 is 0 Å². The molecule has 0 unspecified atom stereocenters. The van der Waals surface area contributed by atoms with Gasteiger partial charge in [0, 0.05) is 22.8 Å². The van der Waals surface area contributed by atoms with Crippen molar-refractivity contribution in [2.24, 2.45) is 0 Å². The summed E-state index contributed by atoms with van der Waals surface area (Å²) in [6, 6.07) is 11.8. The topological polar surface area (TPSA) is 59.0 Å². The normalized spacial score (nSPS) is 12.8. The van der Waals surface area contributed by atoms with Gasteiger partial charge in [-0.2, -0.15) is 0 Å². The van der Waals surface area contributed by atoms with Gasteiger partial charge in [-0.25, -0.2) is 0 Å². The minimum Gasteiger partial charge on any atom is -0.468 e. The Morgan fingerprint density at radius 1 is 1.08 bits per heavy atom. The molecule has 0 aliphatic carbocycles. The average Bonchev–Trinajstić information content (AvgIpc) is 3.31. The van der Waals surface area contributed by atoms with E-state index in [1.807, 2.05) is 24.3 Å². The highest BCUT2D eigenvalue weighted by Gasteiger charge is 2.15. The van der Waals surface area contributed by atoms with Crippen LogP contribution in [0, 0.1) is 6.92 Å². The number of hydrogen-bond acceptors (Lipinski definition) is 6. The van der Waals surface area contributed by atoms with E-state index < -0.39 is 6.10 Å². The van der Waals surface area contributed by atoms with Gasteiger partial charge in [-0.1, -0.05) is 0 Å². The van der Waals surface area contributed by atoms with Crippen LogP contribution in [-0.4, -0.2) is 29.3 Å². The van der Waals surface area contributed by atoms with E-state index in [9.17, 15) is 5.11 Å². The standard InChI is InChI=1S/C19H23NO4S/c1-15-6-7-19(25-15)12-20(11-17-4-2-8-23-17)10-16(21)13-22-14-18-5-3-9-24-18/h2-9,16,21H,10-14H2,1H3/t16-/m1/s1. The molecule has 0 saturated carbocycles. The summed E-state index contributed by atoms with van der Waals surface area (Å²) in [6.07, 6.45) is 2.71.